The Hall–Kier alpha value is -1.32. The highest BCUT2D eigenvalue weighted by molar-refractivity contribution is 5.87. The lowest BCUT2D eigenvalue weighted by molar-refractivity contribution is -0.152. The first kappa shape index (κ1) is 12.7. The molecule has 3 rings (SSSR count). The second-order valence-corrected chi connectivity index (χ2v) is 6.21. The summed E-state index contributed by atoms with van der Waals surface area (Å²) >= 11 is 0. The van der Waals surface area contributed by atoms with Crippen molar-refractivity contribution < 1.29 is 14.7 Å². The van der Waals surface area contributed by atoms with Crippen molar-refractivity contribution in [3.05, 3.63) is 12.2 Å². The molecular weight excluding hydrogens is 242 g/mol. The Bertz CT molecular complexity index is 431. The molecule has 2 bridgehead atoms. The lowest BCUT2D eigenvalue weighted by Gasteiger charge is -2.37. The first-order valence-corrected chi connectivity index (χ1v) is 7.31. The molecule has 2 aliphatic carbocycles. The summed E-state index contributed by atoms with van der Waals surface area (Å²) in [4.78, 5) is 26.1. The third kappa shape index (κ3) is 1.97. The van der Waals surface area contributed by atoms with Gasteiger partial charge in [0.25, 0.3) is 0 Å². The summed E-state index contributed by atoms with van der Waals surface area (Å²) in [5.41, 5.74) is 0. The maximum absolute atomic E-state index is 12.7. The van der Waals surface area contributed by atoms with Crippen LogP contribution in [-0.4, -0.2) is 34.5 Å². The molecule has 1 aliphatic heterocycles. The summed E-state index contributed by atoms with van der Waals surface area (Å²) in [6.07, 6.45) is 8.15. The van der Waals surface area contributed by atoms with Crippen LogP contribution in [0, 0.1) is 23.7 Å². The van der Waals surface area contributed by atoms with Gasteiger partial charge >= 0.3 is 5.97 Å². The maximum atomic E-state index is 12.7. The zero-order chi connectivity index (χ0) is 13.6. The van der Waals surface area contributed by atoms with Gasteiger partial charge in [0.15, 0.2) is 0 Å². The SMILES string of the molecule is CC1CCCCN1C(=O)C1C2C=CC(C2)C1C(=O)O. The average molecular weight is 263 g/mol. The number of carbonyl (C=O) groups excluding carboxylic acids is 1. The van der Waals surface area contributed by atoms with Crippen LogP contribution in [0.15, 0.2) is 12.2 Å². The molecule has 19 heavy (non-hydrogen) atoms. The minimum Gasteiger partial charge on any atom is -0.481 e. The summed E-state index contributed by atoms with van der Waals surface area (Å²) in [5.74, 6) is -1.34. The Labute approximate surface area is 113 Å². The number of piperidine rings is 1. The molecule has 4 nitrogen and oxygen atoms in total. The molecule has 1 saturated heterocycles. The molecule has 1 saturated carbocycles. The van der Waals surface area contributed by atoms with E-state index in [1.165, 1.54) is 6.42 Å². The second kappa shape index (κ2) is 4.66. The zero-order valence-corrected chi connectivity index (χ0v) is 11.3. The van der Waals surface area contributed by atoms with Crippen LogP contribution in [0.3, 0.4) is 0 Å². The van der Waals surface area contributed by atoms with E-state index in [0.29, 0.717) is 0 Å². The van der Waals surface area contributed by atoms with Crippen LogP contribution < -0.4 is 0 Å². The minimum absolute atomic E-state index is 0.0662. The van der Waals surface area contributed by atoms with Crippen LogP contribution in [0.5, 0.6) is 0 Å². The highest BCUT2D eigenvalue weighted by Gasteiger charge is 2.52. The van der Waals surface area contributed by atoms with Gasteiger partial charge in [-0.2, -0.15) is 0 Å². The predicted octanol–water partition coefficient (Wildman–Crippen LogP) is 1.91. The molecular formula is C15H21NO3. The zero-order valence-electron chi connectivity index (χ0n) is 11.3. The van der Waals surface area contributed by atoms with Crippen molar-refractivity contribution in [1.29, 1.82) is 0 Å². The van der Waals surface area contributed by atoms with Crippen molar-refractivity contribution in [2.45, 2.75) is 38.6 Å². The molecule has 1 amide bonds. The molecule has 5 atom stereocenters. The fourth-order valence-electron chi connectivity index (χ4n) is 4.11. The quantitative estimate of drug-likeness (QED) is 0.774. The van der Waals surface area contributed by atoms with E-state index in [9.17, 15) is 14.7 Å². The molecule has 3 aliphatic rings. The molecule has 4 heteroatoms. The number of hydrogen-bond donors (Lipinski definition) is 1. The third-order valence-corrected chi connectivity index (χ3v) is 5.12. The van der Waals surface area contributed by atoms with Gasteiger partial charge in [-0.1, -0.05) is 12.2 Å². The van der Waals surface area contributed by atoms with Crippen LogP contribution in [0.25, 0.3) is 0 Å². The fourth-order valence-corrected chi connectivity index (χ4v) is 4.11. The lowest BCUT2D eigenvalue weighted by atomic mass is 9.81. The number of amides is 1. The maximum Gasteiger partial charge on any atom is 0.307 e. The van der Waals surface area contributed by atoms with Gasteiger partial charge in [-0.3, -0.25) is 9.59 Å². The van der Waals surface area contributed by atoms with E-state index in [1.54, 1.807) is 0 Å². The summed E-state index contributed by atoms with van der Waals surface area (Å²) < 4.78 is 0. The van der Waals surface area contributed by atoms with Gasteiger partial charge < -0.3 is 10.0 Å². The molecule has 1 N–H and O–H groups in total. The van der Waals surface area contributed by atoms with Crippen molar-refractivity contribution in [2.24, 2.45) is 23.7 Å². The molecule has 1 heterocycles. The van der Waals surface area contributed by atoms with Gasteiger partial charge in [0.2, 0.25) is 5.91 Å². The van der Waals surface area contributed by atoms with Crippen LogP contribution >= 0.6 is 0 Å². The van der Waals surface area contributed by atoms with Gasteiger partial charge in [0.05, 0.1) is 11.8 Å². The molecule has 2 fully saturated rings. The third-order valence-electron chi connectivity index (χ3n) is 5.12. The Morgan fingerprint density at radius 3 is 2.47 bits per heavy atom. The van der Waals surface area contributed by atoms with Crippen molar-refractivity contribution in [2.75, 3.05) is 6.54 Å². The lowest BCUT2D eigenvalue weighted by Crippen LogP contribution is -2.48. The standard InChI is InChI=1S/C15H21NO3/c1-9-4-2-3-7-16(9)14(17)12-10-5-6-11(8-10)13(12)15(18)19/h5-6,9-13H,2-4,7-8H2,1H3,(H,18,19). The number of fused-ring (bicyclic) bond motifs is 2. The highest BCUT2D eigenvalue weighted by atomic mass is 16.4. The number of rotatable bonds is 2. The molecule has 0 aromatic heterocycles. The van der Waals surface area contributed by atoms with Crippen molar-refractivity contribution in [3.63, 3.8) is 0 Å². The molecule has 5 unspecified atom stereocenters. The molecule has 0 aromatic rings. The Kier molecular flexibility index (Phi) is 3.11. The molecule has 0 spiro atoms. The van der Waals surface area contributed by atoms with E-state index in [4.69, 9.17) is 0 Å². The van der Waals surface area contributed by atoms with Crippen molar-refractivity contribution in [1.82, 2.24) is 4.90 Å². The summed E-state index contributed by atoms with van der Waals surface area (Å²) in [5, 5.41) is 9.41. The number of likely N-dealkylation sites (tertiary alicyclic amines) is 1. The molecule has 104 valence electrons. The van der Waals surface area contributed by atoms with Crippen LogP contribution in [-0.2, 0) is 9.59 Å². The minimum atomic E-state index is -0.806. The average Bonchev–Trinajstić information content (AvgIpc) is 2.98. The largest absolute Gasteiger partial charge is 0.481 e. The Balaban J connectivity index is 1.82. The Morgan fingerprint density at radius 1 is 1.16 bits per heavy atom. The summed E-state index contributed by atoms with van der Waals surface area (Å²) in [6.45, 7) is 2.87. The van der Waals surface area contributed by atoms with Gasteiger partial charge in [-0.25, -0.2) is 0 Å². The van der Waals surface area contributed by atoms with Crippen LogP contribution in [0.1, 0.15) is 32.6 Å². The van der Waals surface area contributed by atoms with Crippen molar-refractivity contribution >= 4 is 11.9 Å². The smallest absolute Gasteiger partial charge is 0.307 e. The van der Waals surface area contributed by atoms with Gasteiger partial charge in [0.1, 0.15) is 0 Å². The van der Waals surface area contributed by atoms with E-state index in [2.05, 4.69) is 13.0 Å². The number of carbonyl (C=O) groups is 2. The first-order chi connectivity index (χ1) is 9.09. The topological polar surface area (TPSA) is 57.6 Å². The summed E-state index contributed by atoms with van der Waals surface area (Å²) in [7, 11) is 0. The van der Waals surface area contributed by atoms with E-state index in [1.807, 2.05) is 11.0 Å². The highest BCUT2D eigenvalue weighted by Crippen LogP contribution is 2.49. The van der Waals surface area contributed by atoms with E-state index in [0.717, 1.165) is 25.8 Å². The number of aliphatic carboxylic acids is 1. The van der Waals surface area contributed by atoms with Gasteiger partial charge in [-0.05, 0) is 44.4 Å². The van der Waals surface area contributed by atoms with E-state index < -0.39 is 11.9 Å². The van der Waals surface area contributed by atoms with Gasteiger partial charge in [-0.15, -0.1) is 0 Å². The Morgan fingerprint density at radius 2 is 1.84 bits per heavy atom. The second-order valence-electron chi connectivity index (χ2n) is 6.21. The van der Waals surface area contributed by atoms with Crippen molar-refractivity contribution in [3.8, 4) is 0 Å². The fraction of sp³-hybridized carbons (Fsp3) is 0.733. The number of nitrogens with zero attached hydrogens (tertiary/aromatic N) is 1. The van der Waals surface area contributed by atoms with Gasteiger partial charge in [0, 0.05) is 12.6 Å². The number of carboxylic acids is 1. The number of carboxylic acid groups (broad SMARTS) is 1. The normalized spacial score (nSPS) is 40.7. The molecule has 0 aromatic carbocycles. The van der Waals surface area contributed by atoms with Crippen LogP contribution in [0.4, 0.5) is 0 Å². The summed E-state index contributed by atoms with van der Waals surface area (Å²) in [6, 6.07) is 0.263. The first-order valence-electron chi connectivity index (χ1n) is 7.31. The number of allylic oxidation sites excluding steroid dienone is 2. The number of hydrogen-bond acceptors (Lipinski definition) is 2. The van der Waals surface area contributed by atoms with Crippen LogP contribution in [0.2, 0.25) is 0 Å². The van der Waals surface area contributed by atoms with E-state index in [-0.39, 0.29) is 29.7 Å². The van der Waals surface area contributed by atoms with E-state index >= 15 is 0 Å². The predicted molar refractivity (Wildman–Crippen MR) is 70.4 cm³/mol. The molecule has 0 radical (unpaired) electrons. The monoisotopic (exact) mass is 263 g/mol.